The molecule has 0 bridgehead atoms. The Morgan fingerprint density at radius 2 is 1.90 bits per heavy atom. The van der Waals surface area contributed by atoms with E-state index in [-0.39, 0.29) is 6.61 Å². The Morgan fingerprint density at radius 1 is 1.10 bits per heavy atom. The number of aromatic nitrogens is 2. The zero-order chi connectivity index (χ0) is 21.3. The van der Waals surface area contributed by atoms with E-state index < -0.39 is 5.97 Å². The van der Waals surface area contributed by atoms with Crippen molar-refractivity contribution in [2.45, 2.75) is 24.6 Å². The van der Waals surface area contributed by atoms with Crippen LogP contribution >= 0.6 is 23.4 Å². The van der Waals surface area contributed by atoms with Gasteiger partial charge in [0.2, 0.25) is 0 Å². The van der Waals surface area contributed by atoms with Crippen LogP contribution in [-0.2, 0) is 22.5 Å². The number of thioether (sulfide) groups is 1. The SMILES string of the molecule is COCc1nc(SC)nc(-c2cccc(Cl)c2)c1C(=O)OCCCc1ccccc1. The third kappa shape index (κ3) is 5.81. The fourth-order valence-electron chi connectivity index (χ4n) is 3.03. The molecule has 7 heteroatoms. The van der Waals surface area contributed by atoms with Crippen molar-refractivity contribution >= 4 is 29.3 Å². The highest BCUT2D eigenvalue weighted by Crippen LogP contribution is 2.29. The maximum absolute atomic E-state index is 13.0. The zero-order valence-corrected chi connectivity index (χ0v) is 18.5. The standard InChI is InChI=1S/C23H23ClN2O3S/c1-28-15-19-20(22(27)29-13-7-10-16-8-4-3-5-9-16)21(26-23(25-19)30-2)17-11-6-12-18(24)14-17/h3-6,8-9,11-12,14H,7,10,13,15H2,1-2H3. The molecular weight excluding hydrogens is 420 g/mol. The van der Waals surface area contributed by atoms with Gasteiger partial charge >= 0.3 is 5.97 Å². The van der Waals surface area contributed by atoms with E-state index in [1.807, 2.05) is 36.6 Å². The first-order valence-corrected chi connectivity index (χ1v) is 11.1. The van der Waals surface area contributed by atoms with Crippen LogP contribution in [0.15, 0.2) is 59.8 Å². The predicted molar refractivity (Wildman–Crippen MR) is 120 cm³/mol. The van der Waals surface area contributed by atoms with Crippen LogP contribution in [0.1, 0.15) is 28.0 Å². The molecular formula is C23H23ClN2O3S. The molecule has 0 unspecified atom stereocenters. The number of hydrogen-bond donors (Lipinski definition) is 0. The Balaban J connectivity index is 1.86. The van der Waals surface area contributed by atoms with Crippen LogP contribution in [0.3, 0.4) is 0 Å². The van der Waals surface area contributed by atoms with E-state index in [0.29, 0.717) is 33.7 Å². The minimum Gasteiger partial charge on any atom is -0.462 e. The molecule has 0 radical (unpaired) electrons. The van der Waals surface area contributed by atoms with Gasteiger partial charge in [0.05, 0.1) is 24.6 Å². The van der Waals surface area contributed by atoms with Crippen molar-refractivity contribution in [3.05, 3.63) is 76.4 Å². The first-order valence-electron chi connectivity index (χ1n) is 9.53. The summed E-state index contributed by atoms with van der Waals surface area (Å²) in [5.74, 6) is -0.460. The van der Waals surface area contributed by atoms with E-state index in [2.05, 4.69) is 22.1 Å². The van der Waals surface area contributed by atoms with Gasteiger partial charge in [-0.1, -0.05) is 65.8 Å². The number of carbonyl (C=O) groups excluding carboxylic acids is 1. The zero-order valence-electron chi connectivity index (χ0n) is 16.9. The molecule has 0 saturated heterocycles. The largest absolute Gasteiger partial charge is 0.462 e. The van der Waals surface area contributed by atoms with Crippen molar-refractivity contribution in [2.75, 3.05) is 20.0 Å². The summed E-state index contributed by atoms with van der Waals surface area (Å²) in [6, 6.07) is 17.3. The highest BCUT2D eigenvalue weighted by atomic mass is 35.5. The monoisotopic (exact) mass is 442 g/mol. The molecule has 0 amide bonds. The molecule has 0 N–H and O–H groups in total. The molecule has 5 nitrogen and oxygen atoms in total. The summed E-state index contributed by atoms with van der Waals surface area (Å²) in [7, 11) is 1.56. The molecule has 0 spiro atoms. The number of halogens is 1. The third-order valence-corrected chi connectivity index (χ3v) is 5.20. The highest BCUT2D eigenvalue weighted by Gasteiger charge is 2.23. The van der Waals surface area contributed by atoms with Gasteiger partial charge in [-0.05, 0) is 36.8 Å². The van der Waals surface area contributed by atoms with Crippen molar-refractivity contribution in [3.8, 4) is 11.3 Å². The molecule has 0 saturated carbocycles. The summed E-state index contributed by atoms with van der Waals surface area (Å²) in [5, 5.41) is 1.12. The lowest BCUT2D eigenvalue weighted by Crippen LogP contribution is -2.15. The third-order valence-electron chi connectivity index (χ3n) is 4.42. The van der Waals surface area contributed by atoms with E-state index in [4.69, 9.17) is 21.1 Å². The number of ether oxygens (including phenoxy) is 2. The van der Waals surface area contributed by atoms with Crippen LogP contribution in [-0.4, -0.2) is 35.9 Å². The number of carbonyl (C=O) groups is 1. The first kappa shape index (κ1) is 22.3. The van der Waals surface area contributed by atoms with Crippen LogP contribution in [0.2, 0.25) is 5.02 Å². The number of rotatable bonds is 9. The lowest BCUT2D eigenvalue weighted by Gasteiger charge is -2.14. The lowest BCUT2D eigenvalue weighted by molar-refractivity contribution is 0.0495. The minimum atomic E-state index is -0.460. The average molecular weight is 443 g/mol. The summed E-state index contributed by atoms with van der Waals surface area (Å²) in [6.45, 7) is 0.484. The number of nitrogens with zero attached hydrogens (tertiary/aromatic N) is 2. The van der Waals surface area contributed by atoms with Crippen LogP contribution in [0.5, 0.6) is 0 Å². The van der Waals surface area contributed by atoms with Gasteiger partial charge in [0.15, 0.2) is 5.16 Å². The van der Waals surface area contributed by atoms with Crippen LogP contribution in [0, 0.1) is 0 Å². The molecule has 3 aromatic rings. The molecule has 2 aromatic carbocycles. The molecule has 0 aliphatic carbocycles. The quantitative estimate of drug-likeness (QED) is 0.190. The van der Waals surface area contributed by atoms with Gasteiger partial charge in [0.25, 0.3) is 0 Å². The summed E-state index contributed by atoms with van der Waals surface area (Å²) >= 11 is 7.57. The Bertz CT molecular complexity index is 999. The number of hydrogen-bond acceptors (Lipinski definition) is 6. The maximum atomic E-state index is 13.0. The first-order chi connectivity index (χ1) is 14.6. The predicted octanol–water partition coefficient (Wildman–Crippen LogP) is 5.45. The number of benzene rings is 2. The molecule has 0 aliphatic heterocycles. The summed E-state index contributed by atoms with van der Waals surface area (Å²) < 4.78 is 10.9. The van der Waals surface area contributed by atoms with Crippen LogP contribution in [0.4, 0.5) is 0 Å². The second-order valence-electron chi connectivity index (χ2n) is 6.55. The molecule has 1 aromatic heterocycles. The van der Waals surface area contributed by atoms with Gasteiger partial charge in [0.1, 0.15) is 5.56 Å². The molecule has 156 valence electrons. The normalized spacial score (nSPS) is 10.8. The summed E-state index contributed by atoms with van der Waals surface area (Å²) in [4.78, 5) is 22.1. The molecule has 0 atom stereocenters. The van der Waals surface area contributed by atoms with E-state index in [1.165, 1.54) is 17.3 Å². The van der Waals surface area contributed by atoms with Gasteiger partial charge in [0, 0.05) is 17.7 Å². The maximum Gasteiger partial charge on any atom is 0.342 e. The average Bonchev–Trinajstić information content (AvgIpc) is 2.77. The van der Waals surface area contributed by atoms with Crippen molar-refractivity contribution in [1.29, 1.82) is 0 Å². The Labute approximate surface area is 185 Å². The molecule has 3 rings (SSSR count). The topological polar surface area (TPSA) is 61.3 Å². The van der Waals surface area contributed by atoms with Crippen LogP contribution < -0.4 is 0 Å². The van der Waals surface area contributed by atoms with Crippen molar-refractivity contribution < 1.29 is 14.3 Å². The van der Waals surface area contributed by atoms with Gasteiger partial charge < -0.3 is 9.47 Å². The second-order valence-corrected chi connectivity index (χ2v) is 7.76. The second kappa shape index (κ2) is 11.1. The Morgan fingerprint density at radius 3 is 2.60 bits per heavy atom. The van der Waals surface area contributed by atoms with Crippen molar-refractivity contribution in [1.82, 2.24) is 9.97 Å². The summed E-state index contributed by atoms with van der Waals surface area (Å²) in [6.07, 6.45) is 3.45. The molecule has 0 fully saturated rings. The highest BCUT2D eigenvalue weighted by molar-refractivity contribution is 7.98. The molecule has 0 aliphatic rings. The smallest absolute Gasteiger partial charge is 0.342 e. The molecule has 30 heavy (non-hydrogen) atoms. The lowest BCUT2D eigenvalue weighted by atomic mass is 10.0. The van der Waals surface area contributed by atoms with Crippen LogP contribution in [0.25, 0.3) is 11.3 Å². The number of esters is 1. The van der Waals surface area contributed by atoms with Crippen molar-refractivity contribution in [3.63, 3.8) is 0 Å². The summed E-state index contributed by atoms with van der Waals surface area (Å²) in [5.41, 5.74) is 3.25. The van der Waals surface area contributed by atoms with Crippen molar-refractivity contribution in [2.24, 2.45) is 0 Å². The van der Waals surface area contributed by atoms with E-state index in [0.717, 1.165) is 18.4 Å². The molecule has 1 heterocycles. The number of methoxy groups -OCH3 is 1. The van der Waals surface area contributed by atoms with Gasteiger partial charge in [-0.2, -0.15) is 0 Å². The van der Waals surface area contributed by atoms with Gasteiger partial charge in [-0.15, -0.1) is 0 Å². The van der Waals surface area contributed by atoms with Gasteiger partial charge in [-0.25, -0.2) is 14.8 Å². The van der Waals surface area contributed by atoms with Gasteiger partial charge in [-0.3, -0.25) is 0 Å². The Hall–Kier alpha value is -2.41. The fourth-order valence-corrected chi connectivity index (χ4v) is 3.61. The van der Waals surface area contributed by atoms with E-state index in [9.17, 15) is 4.79 Å². The number of aryl methyl sites for hydroxylation is 1. The minimum absolute atomic E-state index is 0.179. The Kier molecular flexibility index (Phi) is 8.25. The fraction of sp³-hybridized carbons (Fsp3) is 0.261. The van der Waals surface area contributed by atoms with E-state index >= 15 is 0 Å². The van der Waals surface area contributed by atoms with E-state index in [1.54, 1.807) is 19.2 Å².